The summed E-state index contributed by atoms with van der Waals surface area (Å²) in [5, 5.41) is 2.76. The summed E-state index contributed by atoms with van der Waals surface area (Å²) in [4.78, 5) is 26.7. The summed E-state index contributed by atoms with van der Waals surface area (Å²) < 4.78 is 28.8. The maximum absolute atomic E-state index is 13.4. The van der Waals surface area contributed by atoms with Gasteiger partial charge in [-0.2, -0.15) is 0 Å². The van der Waals surface area contributed by atoms with Crippen LogP contribution in [0.1, 0.15) is 18.4 Å². The second-order valence-electron chi connectivity index (χ2n) is 8.05. The predicted octanol–water partition coefficient (Wildman–Crippen LogP) is 4.72. The summed E-state index contributed by atoms with van der Waals surface area (Å²) in [6.07, 6.45) is 1.37. The third-order valence-corrected chi connectivity index (χ3v) is 7.86. The normalized spacial score (nSPS) is 13.7. The van der Waals surface area contributed by atoms with Crippen molar-refractivity contribution in [2.24, 2.45) is 0 Å². The van der Waals surface area contributed by atoms with E-state index in [-0.39, 0.29) is 10.8 Å². The number of nitrogens with zero attached hydrogens (tertiary/aromatic N) is 2. The first-order valence-corrected chi connectivity index (χ1v) is 13.0. The molecule has 9 heteroatoms. The first kappa shape index (κ1) is 24.0. The van der Waals surface area contributed by atoms with Gasteiger partial charge in [0.05, 0.1) is 10.6 Å². The average Bonchev–Trinajstić information content (AvgIpc) is 3.25. The monoisotopic (exact) mass is 541 g/mol. The van der Waals surface area contributed by atoms with Crippen LogP contribution >= 0.6 is 15.9 Å². The lowest BCUT2D eigenvalue weighted by molar-refractivity contribution is -0.117. The van der Waals surface area contributed by atoms with Crippen molar-refractivity contribution in [3.8, 4) is 0 Å². The van der Waals surface area contributed by atoms with Crippen molar-refractivity contribution in [1.82, 2.24) is 0 Å². The summed E-state index contributed by atoms with van der Waals surface area (Å²) in [5.41, 5.74) is 2.61. The number of amides is 2. The Balaban J connectivity index is 1.55. The van der Waals surface area contributed by atoms with Gasteiger partial charge in [-0.05, 0) is 74.0 Å². The van der Waals surface area contributed by atoms with Crippen LogP contribution in [0.2, 0.25) is 0 Å². The van der Waals surface area contributed by atoms with Crippen LogP contribution in [0.5, 0.6) is 0 Å². The van der Waals surface area contributed by atoms with Crippen LogP contribution in [0.25, 0.3) is 0 Å². The number of hydrogen-bond acceptors (Lipinski definition) is 4. The zero-order chi connectivity index (χ0) is 24.3. The highest BCUT2D eigenvalue weighted by molar-refractivity contribution is 9.10. The second kappa shape index (κ2) is 9.99. The first-order chi connectivity index (χ1) is 16.2. The summed E-state index contributed by atoms with van der Waals surface area (Å²) in [7, 11) is -3.98. The number of benzene rings is 3. The smallest absolute Gasteiger partial charge is 0.264 e. The zero-order valence-electron chi connectivity index (χ0n) is 18.6. The minimum absolute atomic E-state index is 0.0863. The third kappa shape index (κ3) is 5.31. The Morgan fingerprint density at radius 3 is 2.24 bits per heavy atom. The number of halogens is 1. The Hall–Kier alpha value is -3.17. The minimum atomic E-state index is -3.98. The van der Waals surface area contributed by atoms with Crippen LogP contribution in [0.3, 0.4) is 0 Å². The molecule has 0 bridgehead atoms. The van der Waals surface area contributed by atoms with E-state index in [0.717, 1.165) is 26.4 Å². The van der Waals surface area contributed by atoms with Crippen molar-refractivity contribution in [1.29, 1.82) is 0 Å². The Kier molecular flexibility index (Phi) is 7.04. The zero-order valence-corrected chi connectivity index (χ0v) is 21.0. The molecule has 0 atom stereocenters. The van der Waals surface area contributed by atoms with Crippen LogP contribution in [-0.4, -0.2) is 33.3 Å². The molecular formula is C25H24BrN3O4S. The second-order valence-corrected chi connectivity index (χ2v) is 10.8. The topological polar surface area (TPSA) is 86.8 Å². The summed E-state index contributed by atoms with van der Waals surface area (Å²) in [6.45, 7) is 2.16. The van der Waals surface area contributed by atoms with Gasteiger partial charge in [-0.15, -0.1) is 0 Å². The molecule has 1 aliphatic rings. The maximum Gasteiger partial charge on any atom is 0.264 e. The van der Waals surface area contributed by atoms with Gasteiger partial charge in [0, 0.05) is 28.8 Å². The fourth-order valence-corrected chi connectivity index (χ4v) is 5.42. The number of sulfonamides is 1. The van der Waals surface area contributed by atoms with E-state index in [1.807, 2.05) is 6.92 Å². The largest absolute Gasteiger partial charge is 0.325 e. The fourth-order valence-electron chi connectivity index (χ4n) is 3.74. The minimum Gasteiger partial charge on any atom is -0.325 e. The number of carbonyl (C=O) groups is 2. The summed E-state index contributed by atoms with van der Waals surface area (Å²) in [6, 6.07) is 20.2. The molecule has 34 heavy (non-hydrogen) atoms. The molecule has 0 aromatic heterocycles. The lowest BCUT2D eigenvalue weighted by atomic mass is 10.2. The first-order valence-electron chi connectivity index (χ1n) is 10.8. The van der Waals surface area contributed by atoms with Crippen LogP contribution in [-0.2, 0) is 19.6 Å². The van der Waals surface area contributed by atoms with Crippen LogP contribution < -0.4 is 14.5 Å². The average molecular weight is 542 g/mol. The van der Waals surface area contributed by atoms with E-state index in [1.165, 1.54) is 12.1 Å². The van der Waals surface area contributed by atoms with E-state index >= 15 is 0 Å². The molecule has 1 heterocycles. The van der Waals surface area contributed by atoms with E-state index in [2.05, 4.69) is 21.2 Å². The van der Waals surface area contributed by atoms with Crippen LogP contribution in [0.15, 0.2) is 82.2 Å². The Labute approximate surface area is 207 Å². The van der Waals surface area contributed by atoms with E-state index in [9.17, 15) is 18.0 Å². The molecule has 176 valence electrons. The number of carbonyl (C=O) groups excluding carboxylic acids is 2. The maximum atomic E-state index is 13.4. The lowest BCUT2D eigenvalue weighted by Crippen LogP contribution is -2.38. The van der Waals surface area contributed by atoms with Gasteiger partial charge < -0.3 is 10.2 Å². The molecule has 4 rings (SSSR count). The Morgan fingerprint density at radius 2 is 1.65 bits per heavy atom. The molecule has 1 aliphatic heterocycles. The molecular weight excluding hydrogens is 518 g/mol. The van der Waals surface area contributed by atoms with Crippen LogP contribution in [0.4, 0.5) is 17.1 Å². The molecule has 3 aromatic rings. The van der Waals surface area contributed by atoms with Crippen molar-refractivity contribution in [2.45, 2.75) is 24.7 Å². The molecule has 0 unspecified atom stereocenters. The number of hydrogen-bond donors (Lipinski definition) is 1. The van der Waals surface area contributed by atoms with Crippen molar-refractivity contribution in [3.05, 3.63) is 82.8 Å². The molecule has 7 nitrogen and oxygen atoms in total. The molecule has 2 amide bonds. The van der Waals surface area contributed by atoms with Gasteiger partial charge in [0.15, 0.2) is 0 Å². The summed E-state index contributed by atoms with van der Waals surface area (Å²) >= 11 is 3.36. The highest BCUT2D eigenvalue weighted by Gasteiger charge is 2.27. The number of anilines is 3. The van der Waals surface area contributed by atoms with E-state index in [0.29, 0.717) is 24.3 Å². The van der Waals surface area contributed by atoms with Gasteiger partial charge >= 0.3 is 0 Å². The van der Waals surface area contributed by atoms with Gasteiger partial charge in [-0.25, -0.2) is 8.42 Å². The molecule has 0 radical (unpaired) electrons. The quantitative estimate of drug-likeness (QED) is 0.468. The van der Waals surface area contributed by atoms with Gasteiger partial charge in [-0.1, -0.05) is 33.6 Å². The van der Waals surface area contributed by atoms with Gasteiger partial charge in [0.2, 0.25) is 11.8 Å². The lowest BCUT2D eigenvalue weighted by Gasteiger charge is -2.24. The number of aryl methyl sites for hydroxylation is 1. The van der Waals surface area contributed by atoms with Crippen LogP contribution in [0, 0.1) is 6.92 Å². The number of rotatable bonds is 7. The predicted molar refractivity (Wildman–Crippen MR) is 137 cm³/mol. The van der Waals surface area contributed by atoms with E-state index in [1.54, 1.807) is 65.6 Å². The SMILES string of the molecule is Cc1ccc(S(=O)(=O)N(CC(=O)Nc2ccc(N3CCCC3=O)cc2)c2ccc(Br)cc2)cc1. The molecule has 0 aliphatic carbocycles. The highest BCUT2D eigenvalue weighted by Crippen LogP contribution is 2.26. The standard InChI is InChI=1S/C25H24BrN3O4S/c1-18-4-14-23(15-5-18)34(32,33)29(22-10-6-19(26)7-11-22)17-24(30)27-20-8-12-21(13-9-20)28-16-2-3-25(28)31/h4-15H,2-3,16-17H2,1H3,(H,27,30). The molecule has 3 aromatic carbocycles. The highest BCUT2D eigenvalue weighted by atomic mass is 79.9. The molecule has 1 fully saturated rings. The summed E-state index contributed by atoms with van der Waals surface area (Å²) in [5.74, 6) is -0.396. The van der Waals surface area contributed by atoms with E-state index < -0.39 is 22.5 Å². The van der Waals surface area contributed by atoms with Crippen molar-refractivity contribution < 1.29 is 18.0 Å². The third-order valence-electron chi connectivity index (χ3n) is 5.55. The molecule has 1 saturated heterocycles. The van der Waals surface area contributed by atoms with Crippen molar-refractivity contribution in [2.75, 3.05) is 27.6 Å². The van der Waals surface area contributed by atoms with Crippen molar-refractivity contribution in [3.63, 3.8) is 0 Å². The van der Waals surface area contributed by atoms with Gasteiger partial charge in [0.25, 0.3) is 10.0 Å². The Morgan fingerprint density at radius 1 is 1.00 bits per heavy atom. The Bertz CT molecular complexity index is 1290. The van der Waals surface area contributed by atoms with Gasteiger partial charge in [0.1, 0.15) is 6.54 Å². The van der Waals surface area contributed by atoms with E-state index in [4.69, 9.17) is 0 Å². The van der Waals surface area contributed by atoms with Gasteiger partial charge in [-0.3, -0.25) is 13.9 Å². The van der Waals surface area contributed by atoms with Crippen molar-refractivity contribution >= 4 is 54.8 Å². The molecule has 0 saturated carbocycles. The number of nitrogens with one attached hydrogen (secondary N) is 1. The molecule has 0 spiro atoms. The molecule has 1 N–H and O–H groups in total. The fraction of sp³-hybridized carbons (Fsp3) is 0.200.